The van der Waals surface area contributed by atoms with Crippen LogP contribution in [0.25, 0.3) is 0 Å². The Bertz CT molecular complexity index is 824. The highest BCUT2D eigenvalue weighted by atomic mass is 19.1. The summed E-state index contributed by atoms with van der Waals surface area (Å²) in [5.41, 5.74) is 5.08. The maximum absolute atomic E-state index is 13.6. The number of halogens is 1. The van der Waals surface area contributed by atoms with Gasteiger partial charge in [0, 0.05) is 24.1 Å². The number of nitrogens with one attached hydrogen (secondary N) is 2. The molecule has 2 aromatic rings. The van der Waals surface area contributed by atoms with Crippen LogP contribution in [-0.4, -0.2) is 23.8 Å². The molecule has 0 heterocycles. The SMILES string of the molecule is COc1ccc(CCC(=O)NNC(=O)c2ccc([N+](=O)[O-])cc2)cc1F. The maximum Gasteiger partial charge on any atom is 0.269 e. The van der Waals surface area contributed by atoms with Gasteiger partial charge in [-0.05, 0) is 36.2 Å². The fraction of sp³-hybridized carbons (Fsp3) is 0.176. The molecular weight excluding hydrogens is 345 g/mol. The molecule has 0 aliphatic heterocycles. The monoisotopic (exact) mass is 361 g/mol. The number of hydrazine groups is 1. The van der Waals surface area contributed by atoms with E-state index in [0.29, 0.717) is 5.56 Å². The molecule has 0 atom stereocenters. The lowest BCUT2D eigenvalue weighted by Gasteiger charge is -2.08. The number of ether oxygens (including phenoxy) is 1. The summed E-state index contributed by atoms with van der Waals surface area (Å²) in [5, 5.41) is 10.6. The molecule has 0 bridgehead atoms. The average molecular weight is 361 g/mol. The van der Waals surface area contributed by atoms with Gasteiger partial charge in [0.05, 0.1) is 12.0 Å². The summed E-state index contributed by atoms with van der Waals surface area (Å²) in [7, 11) is 1.36. The van der Waals surface area contributed by atoms with E-state index in [1.165, 1.54) is 43.5 Å². The molecule has 26 heavy (non-hydrogen) atoms. The minimum Gasteiger partial charge on any atom is -0.494 e. The molecule has 0 radical (unpaired) electrons. The lowest BCUT2D eigenvalue weighted by atomic mass is 10.1. The third-order valence-corrected chi connectivity index (χ3v) is 3.51. The fourth-order valence-electron chi connectivity index (χ4n) is 2.12. The van der Waals surface area contributed by atoms with Crippen molar-refractivity contribution in [3.05, 3.63) is 69.5 Å². The number of benzene rings is 2. The predicted octanol–water partition coefficient (Wildman–Crippen LogP) is 2.14. The molecule has 2 amide bonds. The highest BCUT2D eigenvalue weighted by molar-refractivity contribution is 5.95. The van der Waals surface area contributed by atoms with Crippen LogP contribution in [0.15, 0.2) is 42.5 Å². The van der Waals surface area contributed by atoms with Crippen LogP contribution in [0, 0.1) is 15.9 Å². The van der Waals surface area contributed by atoms with Crippen molar-refractivity contribution in [2.24, 2.45) is 0 Å². The Balaban J connectivity index is 1.81. The summed E-state index contributed by atoms with van der Waals surface area (Å²) in [6.45, 7) is 0. The third-order valence-electron chi connectivity index (χ3n) is 3.51. The van der Waals surface area contributed by atoms with Gasteiger partial charge in [0.15, 0.2) is 11.6 Å². The largest absolute Gasteiger partial charge is 0.494 e. The van der Waals surface area contributed by atoms with E-state index in [-0.39, 0.29) is 29.8 Å². The van der Waals surface area contributed by atoms with Crippen LogP contribution in [0.4, 0.5) is 10.1 Å². The lowest BCUT2D eigenvalue weighted by molar-refractivity contribution is -0.384. The summed E-state index contributed by atoms with van der Waals surface area (Å²) in [4.78, 5) is 33.6. The number of non-ortho nitro benzene ring substituents is 1. The number of carbonyl (C=O) groups excluding carboxylic acids is 2. The number of aryl methyl sites for hydroxylation is 1. The van der Waals surface area contributed by atoms with Crippen LogP contribution >= 0.6 is 0 Å². The molecule has 2 aromatic carbocycles. The minimum absolute atomic E-state index is 0.0340. The van der Waals surface area contributed by atoms with Gasteiger partial charge in [-0.25, -0.2) is 4.39 Å². The van der Waals surface area contributed by atoms with Crippen LogP contribution in [0.3, 0.4) is 0 Å². The van der Waals surface area contributed by atoms with E-state index < -0.39 is 22.6 Å². The third kappa shape index (κ3) is 5.00. The van der Waals surface area contributed by atoms with Crippen molar-refractivity contribution in [2.75, 3.05) is 7.11 Å². The molecule has 0 saturated heterocycles. The van der Waals surface area contributed by atoms with Crippen molar-refractivity contribution in [3.8, 4) is 5.75 Å². The first-order chi connectivity index (χ1) is 12.4. The summed E-state index contributed by atoms with van der Waals surface area (Å²) < 4.78 is 18.4. The van der Waals surface area contributed by atoms with E-state index in [2.05, 4.69) is 10.9 Å². The topological polar surface area (TPSA) is 111 Å². The Morgan fingerprint density at radius 1 is 1.15 bits per heavy atom. The summed E-state index contributed by atoms with van der Waals surface area (Å²) in [5.74, 6) is -1.47. The first kappa shape index (κ1) is 18.8. The van der Waals surface area contributed by atoms with Gasteiger partial charge < -0.3 is 4.74 Å². The highest BCUT2D eigenvalue weighted by Crippen LogP contribution is 2.18. The van der Waals surface area contributed by atoms with E-state index >= 15 is 0 Å². The number of carbonyl (C=O) groups is 2. The molecule has 0 aliphatic carbocycles. The molecule has 0 fully saturated rings. The van der Waals surface area contributed by atoms with Crippen LogP contribution in [0.2, 0.25) is 0 Å². The molecule has 2 rings (SSSR count). The number of rotatable bonds is 6. The number of amides is 2. The Morgan fingerprint density at radius 3 is 2.42 bits per heavy atom. The summed E-state index contributed by atoms with van der Waals surface area (Å²) >= 11 is 0. The number of nitro groups is 1. The van der Waals surface area contributed by atoms with Gasteiger partial charge in [0.2, 0.25) is 5.91 Å². The van der Waals surface area contributed by atoms with Crippen LogP contribution in [-0.2, 0) is 11.2 Å². The molecule has 0 aliphatic rings. The predicted molar refractivity (Wildman–Crippen MR) is 90.0 cm³/mol. The number of nitro benzene ring substituents is 1. The van der Waals surface area contributed by atoms with Crippen molar-refractivity contribution < 1.29 is 23.6 Å². The summed E-state index contributed by atoms with van der Waals surface area (Å²) in [6.07, 6.45) is 0.312. The summed E-state index contributed by atoms with van der Waals surface area (Å²) in [6, 6.07) is 9.33. The molecule has 8 nitrogen and oxygen atoms in total. The standard InChI is InChI=1S/C17H16FN3O5/c1-26-15-8-2-11(10-14(15)18)3-9-16(22)19-20-17(23)12-4-6-13(7-5-12)21(24)25/h2,4-8,10H,3,9H2,1H3,(H,19,22)(H,20,23). The van der Waals surface area contributed by atoms with Gasteiger partial charge in [0.25, 0.3) is 11.6 Å². The smallest absolute Gasteiger partial charge is 0.269 e. The van der Waals surface area contributed by atoms with Gasteiger partial charge in [-0.1, -0.05) is 6.07 Å². The fourth-order valence-corrected chi connectivity index (χ4v) is 2.12. The van der Waals surface area contributed by atoms with Crippen LogP contribution < -0.4 is 15.6 Å². The van der Waals surface area contributed by atoms with Gasteiger partial charge >= 0.3 is 0 Å². The van der Waals surface area contributed by atoms with Crippen LogP contribution in [0.1, 0.15) is 22.3 Å². The Morgan fingerprint density at radius 2 is 1.85 bits per heavy atom. The minimum atomic E-state index is -0.608. The van der Waals surface area contributed by atoms with E-state index in [0.717, 1.165) is 0 Å². The van der Waals surface area contributed by atoms with E-state index in [9.17, 15) is 24.1 Å². The average Bonchev–Trinajstić information content (AvgIpc) is 2.64. The zero-order chi connectivity index (χ0) is 19.1. The maximum atomic E-state index is 13.6. The van der Waals surface area contributed by atoms with E-state index in [1.807, 2.05) is 0 Å². The first-order valence-corrected chi connectivity index (χ1v) is 7.56. The van der Waals surface area contributed by atoms with Gasteiger partial charge in [-0.3, -0.25) is 30.6 Å². The molecule has 0 unspecified atom stereocenters. The van der Waals surface area contributed by atoms with E-state index in [4.69, 9.17) is 4.74 Å². The van der Waals surface area contributed by atoms with Crippen molar-refractivity contribution in [2.45, 2.75) is 12.8 Å². The Kier molecular flexibility index (Phi) is 6.20. The molecule has 2 N–H and O–H groups in total. The second kappa shape index (κ2) is 8.56. The molecule has 0 aromatic heterocycles. The number of hydrogen-bond acceptors (Lipinski definition) is 5. The molecule has 136 valence electrons. The Hall–Kier alpha value is -3.49. The van der Waals surface area contributed by atoms with Crippen molar-refractivity contribution in [1.82, 2.24) is 10.9 Å². The second-order valence-corrected chi connectivity index (χ2v) is 5.28. The molecular formula is C17H16FN3O5. The number of hydrogen-bond donors (Lipinski definition) is 2. The van der Waals surface area contributed by atoms with Crippen molar-refractivity contribution >= 4 is 17.5 Å². The first-order valence-electron chi connectivity index (χ1n) is 7.56. The van der Waals surface area contributed by atoms with Gasteiger partial charge in [-0.2, -0.15) is 0 Å². The molecule has 0 saturated carbocycles. The zero-order valence-electron chi connectivity index (χ0n) is 13.8. The van der Waals surface area contributed by atoms with Crippen LogP contribution in [0.5, 0.6) is 5.75 Å². The van der Waals surface area contributed by atoms with E-state index in [1.54, 1.807) is 6.07 Å². The number of nitrogens with zero attached hydrogens (tertiary/aromatic N) is 1. The second-order valence-electron chi connectivity index (χ2n) is 5.28. The number of methoxy groups -OCH3 is 1. The highest BCUT2D eigenvalue weighted by Gasteiger charge is 2.11. The molecule has 9 heteroatoms. The van der Waals surface area contributed by atoms with Gasteiger partial charge in [0.1, 0.15) is 0 Å². The Labute approximate surface area is 148 Å². The van der Waals surface area contributed by atoms with Crippen molar-refractivity contribution in [1.29, 1.82) is 0 Å². The zero-order valence-corrected chi connectivity index (χ0v) is 13.8. The lowest BCUT2D eigenvalue weighted by Crippen LogP contribution is -2.41. The molecule has 0 spiro atoms. The van der Waals surface area contributed by atoms with Gasteiger partial charge in [-0.15, -0.1) is 0 Å². The quantitative estimate of drug-likeness (QED) is 0.605. The van der Waals surface area contributed by atoms with Crippen molar-refractivity contribution in [3.63, 3.8) is 0 Å². The normalized spacial score (nSPS) is 10.1.